The molecule has 0 aromatic rings. The maximum absolute atomic E-state index is 11.8. The average Bonchev–Trinajstić information content (AvgIpc) is 2.19. The molecule has 1 heterocycles. The van der Waals surface area contributed by atoms with Gasteiger partial charge in [0.05, 0.1) is 7.11 Å². The third kappa shape index (κ3) is 6.03. The number of nitrogens with zero attached hydrogens (tertiary/aromatic N) is 1. The van der Waals surface area contributed by atoms with Gasteiger partial charge in [0, 0.05) is 19.4 Å². The van der Waals surface area contributed by atoms with Gasteiger partial charge in [0.2, 0.25) is 0 Å². The Morgan fingerprint density at radius 3 is 2.72 bits per heavy atom. The lowest BCUT2D eigenvalue weighted by Crippen LogP contribution is -2.25. The molecule has 1 aliphatic rings. The molecule has 0 spiro atoms. The fraction of sp³-hybridized carbons (Fsp3) is 0.857. The van der Waals surface area contributed by atoms with E-state index in [1.54, 1.807) is 7.11 Å². The molecule has 0 aromatic carbocycles. The highest BCUT2D eigenvalue weighted by Crippen LogP contribution is 2.21. The monoisotopic (exact) mass is 255 g/mol. The van der Waals surface area contributed by atoms with Crippen molar-refractivity contribution in [1.29, 1.82) is 0 Å². The molecule has 1 unspecified atom stereocenters. The van der Waals surface area contributed by atoms with E-state index in [4.69, 9.17) is 9.47 Å². The second-order valence-corrected chi connectivity index (χ2v) is 5.82. The van der Waals surface area contributed by atoms with Crippen molar-refractivity contribution in [3.63, 3.8) is 0 Å². The molecule has 0 amide bonds. The van der Waals surface area contributed by atoms with Crippen molar-refractivity contribution in [2.75, 3.05) is 13.7 Å². The van der Waals surface area contributed by atoms with Crippen molar-refractivity contribution < 1.29 is 14.3 Å². The van der Waals surface area contributed by atoms with E-state index >= 15 is 0 Å². The van der Waals surface area contributed by atoms with Crippen LogP contribution >= 0.6 is 0 Å². The van der Waals surface area contributed by atoms with E-state index in [0.29, 0.717) is 12.3 Å². The molecule has 0 bridgehead atoms. The van der Waals surface area contributed by atoms with Crippen LogP contribution in [0.5, 0.6) is 0 Å². The largest absolute Gasteiger partial charge is 0.484 e. The number of methoxy groups -OCH3 is 1. The Kier molecular flexibility index (Phi) is 5.63. The number of hydrogen-bond donors (Lipinski definition) is 0. The molecule has 1 rings (SSSR count). The lowest BCUT2D eigenvalue weighted by atomic mass is 9.94. The number of carbonyl (C=O) groups is 1. The number of aliphatic imine (C=N–C) groups is 1. The Bertz CT molecular complexity index is 305. The second-order valence-electron chi connectivity index (χ2n) is 5.82. The molecule has 0 N–H and O–H groups in total. The van der Waals surface area contributed by atoms with Gasteiger partial charge in [-0.05, 0) is 46.0 Å². The number of carbonyl (C=O) groups excluding carboxylic acids is 1. The zero-order valence-corrected chi connectivity index (χ0v) is 12.0. The van der Waals surface area contributed by atoms with Crippen LogP contribution in [0.3, 0.4) is 0 Å². The van der Waals surface area contributed by atoms with Crippen LogP contribution in [0.15, 0.2) is 4.99 Å². The summed E-state index contributed by atoms with van der Waals surface area (Å²) in [5, 5.41) is 0. The van der Waals surface area contributed by atoms with Gasteiger partial charge in [-0.3, -0.25) is 9.79 Å². The van der Waals surface area contributed by atoms with E-state index in [9.17, 15) is 4.79 Å². The van der Waals surface area contributed by atoms with Gasteiger partial charge in [0.15, 0.2) is 5.90 Å². The summed E-state index contributed by atoms with van der Waals surface area (Å²) in [5.41, 5.74) is -0.389. The third-order valence-electron chi connectivity index (χ3n) is 2.94. The predicted octanol–water partition coefficient (Wildman–Crippen LogP) is 2.95. The summed E-state index contributed by atoms with van der Waals surface area (Å²) in [5.74, 6) is 1.14. The first kappa shape index (κ1) is 15.0. The van der Waals surface area contributed by atoms with E-state index in [-0.39, 0.29) is 11.6 Å². The topological polar surface area (TPSA) is 47.9 Å². The lowest BCUT2D eigenvalue weighted by molar-refractivity contribution is -0.156. The average molecular weight is 255 g/mol. The van der Waals surface area contributed by atoms with Gasteiger partial charge in [-0.1, -0.05) is 0 Å². The van der Waals surface area contributed by atoms with Crippen LogP contribution < -0.4 is 0 Å². The summed E-state index contributed by atoms with van der Waals surface area (Å²) in [6.07, 6.45) is 4.39. The Balaban J connectivity index is 2.40. The van der Waals surface area contributed by atoms with E-state index in [2.05, 4.69) is 4.99 Å². The van der Waals surface area contributed by atoms with Gasteiger partial charge in [0.1, 0.15) is 5.60 Å². The molecule has 0 saturated heterocycles. The van der Waals surface area contributed by atoms with Crippen molar-refractivity contribution in [3.8, 4) is 0 Å². The molecule has 4 heteroatoms. The first-order chi connectivity index (χ1) is 8.40. The second kappa shape index (κ2) is 6.76. The lowest BCUT2D eigenvalue weighted by Gasteiger charge is -2.23. The van der Waals surface area contributed by atoms with Gasteiger partial charge in [0.25, 0.3) is 0 Å². The molecule has 4 nitrogen and oxygen atoms in total. The minimum Gasteiger partial charge on any atom is -0.484 e. The SMILES string of the molecule is COC1=NCCC(CC(=O)OC(C)(C)C)CCC1. The predicted molar refractivity (Wildman–Crippen MR) is 71.7 cm³/mol. The molecule has 18 heavy (non-hydrogen) atoms. The summed E-state index contributed by atoms with van der Waals surface area (Å²) >= 11 is 0. The number of hydrogen-bond acceptors (Lipinski definition) is 4. The highest BCUT2D eigenvalue weighted by atomic mass is 16.6. The summed E-state index contributed by atoms with van der Waals surface area (Å²) in [6.45, 7) is 6.45. The van der Waals surface area contributed by atoms with Crippen molar-refractivity contribution in [3.05, 3.63) is 0 Å². The summed E-state index contributed by atoms with van der Waals surface area (Å²) < 4.78 is 10.5. The molecule has 104 valence electrons. The minimum absolute atomic E-state index is 0.0935. The van der Waals surface area contributed by atoms with E-state index in [0.717, 1.165) is 38.1 Å². The highest BCUT2D eigenvalue weighted by molar-refractivity contribution is 5.76. The molecule has 0 aromatic heterocycles. The molecular weight excluding hydrogens is 230 g/mol. The normalized spacial score (nSPS) is 21.6. The van der Waals surface area contributed by atoms with Crippen LogP contribution in [0, 0.1) is 5.92 Å². The van der Waals surface area contributed by atoms with Crippen LogP contribution in [0.4, 0.5) is 0 Å². The Labute approximate surface area is 110 Å². The van der Waals surface area contributed by atoms with Gasteiger partial charge < -0.3 is 9.47 Å². The Morgan fingerprint density at radius 1 is 1.39 bits per heavy atom. The quantitative estimate of drug-likeness (QED) is 0.713. The summed E-state index contributed by atoms with van der Waals surface area (Å²) in [6, 6.07) is 0. The fourth-order valence-corrected chi connectivity index (χ4v) is 2.13. The smallest absolute Gasteiger partial charge is 0.306 e. The molecule has 0 aliphatic carbocycles. The summed E-state index contributed by atoms with van der Waals surface area (Å²) in [7, 11) is 1.67. The Hall–Kier alpha value is -1.06. The number of esters is 1. The molecule has 1 aliphatic heterocycles. The van der Waals surface area contributed by atoms with E-state index in [1.807, 2.05) is 20.8 Å². The molecule has 0 radical (unpaired) electrons. The van der Waals surface area contributed by atoms with E-state index < -0.39 is 0 Å². The molecule has 0 fully saturated rings. The van der Waals surface area contributed by atoms with Crippen LogP contribution in [-0.2, 0) is 14.3 Å². The summed E-state index contributed by atoms with van der Waals surface area (Å²) in [4.78, 5) is 16.1. The molecule has 0 saturated carbocycles. The Morgan fingerprint density at radius 2 is 2.11 bits per heavy atom. The van der Waals surface area contributed by atoms with E-state index in [1.165, 1.54) is 0 Å². The van der Waals surface area contributed by atoms with Crippen LogP contribution in [-0.4, -0.2) is 31.1 Å². The maximum atomic E-state index is 11.8. The van der Waals surface area contributed by atoms with Crippen molar-refractivity contribution >= 4 is 11.9 Å². The van der Waals surface area contributed by atoms with Crippen molar-refractivity contribution in [2.24, 2.45) is 10.9 Å². The highest BCUT2D eigenvalue weighted by Gasteiger charge is 2.21. The number of ether oxygens (including phenoxy) is 2. The number of rotatable bonds is 2. The van der Waals surface area contributed by atoms with Gasteiger partial charge in [-0.2, -0.15) is 0 Å². The zero-order chi connectivity index (χ0) is 13.6. The van der Waals surface area contributed by atoms with Crippen LogP contribution in [0.1, 0.15) is 52.9 Å². The third-order valence-corrected chi connectivity index (χ3v) is 2.94. The van der Waals surface area contributed by atoms with Crippen LogP contribution in [0.2, 0.25) is 0 Å². The van der Waals surface area contributed by atoms with Gasteiger partial charge in [-0.25, -0.2) is 0 Å². The maximum Gasteiger partial charge on any atom is 0.306 e. The van der Waals surface area contributed by atoms with Crippen molar-refractivity contribution in [1.82, 2.24) is 0 Å². The first-order valence-electron chi connectivity index (χ1n) is 6.70. The zero-order valence-electron chi connectivity index (χ0n) is 12.0. The minimum atomic E-state index is -0.389. The standard InChI is InChI=1S/C14H25NO3/c1-14(2,3)18-13(16)10-11-6-5-7-12(17-4)15-9-8-11/h11H,5-10H2,1-4H3. The van der Waals surface area contributed by atoms with Crippen LogP contribution in [0.25, 0.3) is 0 Å². The molecule has 1 atom stereocenters. The first-order valence-corrected chi connectivity index (χ1v) is 6.70. The molecular formula is C14H25NO3. The van der Waals surface area contributed by atoms with Gasteiger partial charge in [-0.15, -0.1) is 0 Å². The van der Waals surface area contributed by atoms with Crippen molar-refractivity contribution in [2.45, 2.75) is 58.5 Å². The fourth-order valence-electron chi connectivity index (χ4n) is 2.13. The van der Waals surface area contributed by atoms with Gasteiger partial charge >= 0.3 is 5.97 Å².